The highest BCUT2D eigenvalue weighted by atomic mass is 35.5. The summed E-state index contributed by atoms with van der Waals surface area (Å²) in [4.78, 5) is 3.80. The van der Waals surface area contributed by atoms with Crippen LogP contribution in [0.5, 0.6) is 5.75 Å². The van der Waals surface area contributed by atoms with Crippen LogP contribution in [0.25, 0.3) is 0 Å². The number of alkyl halides is 1. The molecule has 2 unspecified atom stereocenters. The normalized spacial score (nSPS) is 14.7. The predicted molar refractivity (Wildman–Crippen MR) is 97.4 cm³/mol. The van der Waals surface area contributed by atoms with Crippen molar-refractivity contribution in [1.29, 1.82) is 0 Å². The molecule has 1 heterocycles. The fourth-order valence-electron chi connectivity index (χ4n) is 2.41. The van der Waals surface area contributed by atoms with Crippen molar-refractivity contribution in [1.82, 2.24) is 14.8 Å². The van der Waals surface area contributed by atoms with Gasteiger partial charge in [-0.05, 0) is 36.4 Å². The maximum Gasteiger partial charge on any atom is 0.272 e. The molecule has 136 valence electrons. The lowest BCUT2D eigenvalue weighted by Gasteiger charge is -2.32. The molecule has 2 aromatic carbocycles. The molecular weight excluding hydrogens is 404 g/mol. The van der Waals surface area contributed by atoms with E-state index in [0.29, 0.717) is 10.0 Å². The van der Waals surface area contributed by atoms with Gasteiger partial charge in [-0.1, -0.05) is 40.9 Å². The molecule has 0 spiro atoms. The smallest absolute Gasteiger partial charge is 0.272 e. The zero-order valence-electron chi connectivity index (χ0n) is 13.2. The minimum Gasteiger partial charge on any atom is -0.457 e. The third-order valence-electron chi connectivity index (χ3n) is 3.70. The van der Waals surface area contributed by atoms with E-state index < -0.39 is 12.0 Å². The third kappa shape index (κ3) is 4.10. The van der Waals surface area contributed by atoms with Gasteiger partial charge in [-0.2, -0.15) is 9.49 Å². The van der Waals surface area contributed by atoms with Crippen molar-refractivity contribution in [2.45, 2.75) is 18.5 Å². The Balaban J connectivity index is 1.97. The molecule has 1 aromatic heterocycles. The fraction of sp³-hybridized carbons (Fsp3) is 0.176. The lowest BCUT2D eigenvalue weighted by molar-refractivity contribution is -0.141. The first-order chi connectivity index (χ1) is 12.4. The Kier molecular flexibility index (Phi) is 5.67. The molecule has 5 nitrogen and oxygen atoms in total. The number of hydrogen-bond acceptors (Lipinski definition) is 4. The second-order valence-electron chi connectivity index (χ2n) is 5.53. The molecule has 0 saturated carbocycles. The third-order valence-corrected chi connectivity index (χ3v) is 4.50. The lowest BCUT2D eigenvalue weighted by atomic mass is 9.93. The van der Waals surface area contributed by atoms with E-state index in [0.717, 1.165) is 0 Å². The van der Waals surface area contributed by atoms with E-state index in [1.54, 1.807) is 12.1 Å². The summed E-state index contributed by atoms with van der Waals surface area (Å²) in [5, 5.41) is 16.0. The van der Waals surface area contributed by atoms with Crippen molar-refractivity contribution < 1.29 is 14.2 Å². The van der Waals surface area contributed by atoms with Crippen molar-refractivity contribution in [3.8, 4) is 5.75 Å². The van der Waals surface area contributed by atoms with Gasteiger partial charge in [-0.15, -0.1) is 0 Å². The highest BCUT2D eigenvalue weighted by molar-refractivity contribution is 6.35. The number of aliphatic hydroxyl groups is 1. The number of nitrogens with zero attached hydrogens (tertiary/aromatic N) is 3. The van der Waals surface area contributed by atoms with E-state index in [2.05, 4.69) is 10.1 Å². The molecule has 2 atom stereocenters. The van der Waals surface area contributed by atoms with E-state index in [4.69, 9.17) is 39.5 Å². The van der Waals surface area contributed by atoms with Gasteiger partial charge < -0.3 is 9.84 Å². The lowest BCUT2D eigenvalue weighted by Crippen LogP contribution is -2.44. The summed E-state index contributed by atoms with van der Waals surface area (Å²) in [5.74, 6) is 0.198. The summed E-state index contributed by atoms with van der Waals surface area (Å²) >= 11 is 17.9. The van der Waals surface area contributed by atoms with Crippen LogP contribution >= 0.6 is 34.8 Å². The van der Waals surface area contributed by atoms with Crippen LogP contribution in [-0.4, -0.2) is 26.2 Å². The van der Waals surface area contributed by atoms with Crippen molar-refractivity contribution >= 4 is 34.8 Å². The number of halogens is 4. The molecule has 0 bridgehead atoms. The van der Waals surface area contributed by atoms with Crippen molar-refractivity contribution in [2.75, 3.05) is 0 Å². The number of benzene rings is 2. The van der Waals surface area contributed by atoms with Crippen LogP contribution in [-0.2, 0) is 12.1 Å². The highest BCUT2D eigenvalue weighted by Crippen LogP contribution is 2.36. The van der Waals surface area contributed by atoms with Crippen molar-refractivity contribution in [3.05, 3.63) is 75.8 Å². The molecule has 3 aromatic rings. The molecule has 3 rings (SSSR count). The first kappa shape index (κ1) is 18.9. The molecular formula is C17H13Cl3FN3O2. The van der Waals surface area contributed by atoms with Gasteiger partial charge in [-0.25, -0.2) is 9.67 Å². The summed E-state index contributed by atoms with van der Waals surface area (Å²) in [5.41, 5.74) is -2.03. The summed E-state index contributed by atoms with van der Waals surface area (Å²) < 4.78 is 21.7. The van der Waals surface area contributed by atoms with Gasteiger partial charge in [-0.3, -0.25) is 0 Å². The average molecular weight is 417 g/mol. The predicted octanol–water partition coefficient (Wildman–Crippen LogP) is 4.50. The summed E-state index contributed by atoms with van der Waals surface area (Å²) in [7, 11) is 0. The van der Waals surface area contributed by atoms with Gasteiger partial charge in [0.1, 0.15) is 18.4 Å². The van der Waals surface area contributed by atoms with Crippen LogP contribution in [0, 0.1) is 0 Å². The van der Waals surface area contributed by atoms with Gasteiger partial charge in [0.05, 0.1) is 6.54 Å². The van der Waals surface area contributed by atoms with E-state index in [1.165, 1.54) is 47.7 Å². The SMILES string of the molecule is OC(Cn1cncn1)(c1ccc(Cl)cc1Cl)C(F)Oc1ccc(Cl)cc1. The molecule has 0 aliphatic heterocycles. The first-order valence-electron chi connectivity index (χ1n) is 7.45. The van der Waals surface area contributed by atoms with Crippen LogP contribution in [0.4, 0.5) is 4.39 Å². The second kappa shape index (κ2) is 7.80. The summed E-state index contributed by atoms with van der Waals surface area (Å²) in [6, 6.07) is 10.5. The van der Waals surface area contributed by atoms with E-state index in [1.807, 2.05) is 0 Å². The Morgan fingerprint density at radius 3 is 2.42 bits per heavy atom. The van der Waals surface area contributed by atoms with E-state index >= 15 is 4.39 Å². The standard InChI is InChI=1S/C17H13Cl3FN3O2/c18-11-1-4-13(5-2-11)26-16(21)17(25,8-24-10-22-9-23-24)14-6-3-12(19)7-15(14)20/h1-7,9-10,16,25H,8H2. The molecule has 9 heteroatoms. The number of rotatable bonds is 6. The van der Waals surface area contributed by atoms with Crippen LogP contribution in [0.3, 0.4) is 0 Å². The first-order valence-corrected chi connectivity index (χ1v) is 8.58. The largest absolute Gasteiger partial charge is 0.457 e. The zero-order valence-corrected chi connectivity index (χ0v) is 15.5. The molecule has 1 N–H and O–H groups in total. The minimum atomic E-state index is -2.16. The molecule has 0 fully saturated rings. The molecule has 0 aliphatic carbocycles. The molecule has 26 heavy (non-hydrogen) atoms. The van der Waals surface area contributed by atoms with Crippen molar-refractivity contribution in [3.63, 3.8) is 0 Å². The maximum absolute atomic E-state index is 15.1. The Morgan fingerprint density at radius 2 is 1.81 bits per heavy atom. The molecule has 0 saturated heterocycles. The summed E-state index contributed by atoms with van der Waals surface area (Å²) in [6.07, 6.45) is 0.465. The molecule has 0 radical (unpaired) electrons. The average Bonchev–Trinajstić information content (AvgIpc) is 3.09. The van der Waals surface area contributed by atoms with Gasteiger partial charge in [0.2, 0.25) is 0 Å². The molecule has 0 aliphatic rings. The Morgan fingerprint density at radius 1 is 1.12 bits per heavy atom. The molecule has 0 amide bonds. The quantitative estimate of drug-likeness (QED) is 0.643. The number of hydrogen-bond donors (Lipinski definition) is 1. The van der Waals surface area contributed by atoms with Gasteiger partial charge >= 0.3 is 0 Å². The Hall–Kier alpha value is -1.86. The number of ether oxygens (including phenoxy) is 1. The topological polar surface area (TPSA) is 60.2 Å². The van der Waals surface area contributed by atoms with Crippen LogP contribution in [0.1, 0.15) is 5.56 Å². The second-order valence-corrected chi connectivity index (χ2v) is 6.81. The number of aromatic nitrogens is 3. The van der Waals surface area contributed by atoms with Gasteiger partial charge in [0.15, 0.2) is 5.60 Å². The van der Waals surface area contributed by atoms with E-state index in [-0.39, 0.29) is 22.9 Å². The highest BCUT2D eigenvalue weighted by Gasteiger charge is 2.43. The van der Waals surface area contributed by atoms with Crippen LogP contribution in [0.15, 0.2) is 55.1 Å². The van der Waals surface area contributed by atoms with Crippen LogP contribution < -0.4 is 4.74 Å². The fourth-order valence-corrected chi connectivity index (χ4v) is 3.11. The zero-order chi connectivity index (χ0) is 18.7. The monoisotopic (exact) mass is 415 g/mol. The Labute approximate surface area is 163 Å². The Bertz CT molecular complexity index is 877. The van der Waals surface area contributed by atoms with Crippen molar-refractivity contribution in [2.24, 2.45) is 0 Å². The summed E-state index contributed by atoms with van der Waals surface area (Å²) in [6.45, 7) is -0.275. The van der Waals surface area contributed by atoms with Gasteiger partial charge in [0, 0.05) is 20.6 Å². The van der Waals surface area contributed by atoms with Gasteiger partial charge in [0.25, 0.3) is 6.36 Å². The van der Waals surface area contributed by atoms with Crippen LogP contribution in [0.2, 0.25) is 15.1 Å². The maximum atomic E-state index is 15.1. The minimum absolute atomic E-state index is 0.0995. The van der Waals surface area contributed by atoms with E-state index in [9.17, 15) is 5.11 Å².